The molecule has 3 rings (SSSR count). The van der Waals surface area contributed by atoms with Crippen LogP contribution in [0.5, 0.6) is 5.75 Å². The van der Waals surface area contributed by atoms with E-state index in [0.29, 0.717) is 28.5 Å². The van der Waals surface area contributed by atoms with E-state index in [9.17, 15) is 9.59 Å². The number of nitrogens with one attached hydrogen (secondary N) is 1. The maximum absolute atomic E-state index is 12.7. The van der Waals surface area contributed by atoms with Crippen molar-refractivity contribution in [1.82, 2.24) is 8.75 Å². The number of ether oxygens (including phenoxy) is 2. The molecule has 2 aromatic heterocycles. The molecule has 0 saturated heterocycles. The van der Waals surface area contributed by atoms with Gasteiger partial charge >= 0.3 is 5.97 Å². The molecule has 0 spiro atoms. The van der Waals surface area contributed by atoms with Gasteiger partial charge in [-0.05, 0) is 57.5 Å². The molecule has 1 aromatic carbocycles. The Labute approximate surface area is 177 Å². The van der Waals surface area contributed by atoms with Crippen molar-refractivity contribution in [2.75, 3.05) is 11.9 Å². The first kappa shape index (κ1) is 20.9. The quantitative estimate of drug-likeness (QED) is 0.553. The Bertz CT molecular complexity index is 1030. The summed E-state index contributed by atoms with van der Waals surface area (Å²) in [6, 6.07) is 6.80. The zero-order valence-electron chi connectivity index (χ0n) is 16.6. The van der Waals surface area contributed by atoms with Gasteiger partial charge in [0.05, 0.1) is 29.6 Å². The maximum atomic E-state index is 12.7. The molecule has 1 N–H and O–H groups in total. The molecular formula is C20H21N3O4S2. The molecule has 1 amide bonds. The van der Waals surface area contributed by atoms with Crippen LogP contribution >= 0.6 is 23.1 Å². The fraction of sp³-hybridized carbons (Fsp3) is 0.300. The second-order valence-electron chi connectivity index (χ2n) is 6.27. The van der Waals surface area contributed by atoms with Crippen LogP contribution in [0.25, 0.3) is 0 Å². The molecule has 0 saturated carbocycles. The number of carbonyl (C=O) groups is 2. The van der Waals surface area contributed by atoms with Gasteiger partial charge in [-0.25, -0.2) is 4.79 Å². The number of esters is 1. The SMILES string of the molecule is CCOC(=O)c1c(NC(=O)c2ccc(OCc3nsnc3C)cc2)sc(C)c1C. The number of aryl methyl sites for hydroxylation is 2. The number of hydrogen-bond donors (Lipinski definition) is 1. The van der Waals surface area contributed by atoms with E-state index in [0.717, 1.165) is 33.6 Å². The number of hydrogen-bond acceptors (Lipinski definition) is 8. The Morgan fingerprint density at radius 1 is 1.10 bits per heavy atom. The average Bonchev–Trinajstić information content (AvgIpc) is 3.23. The van der Waals surface area contributed by atoms with E-state index in [4.69, 9.17) is 9.47 Å². The van der Waals surface area contributed by atoms with Crippen LogP contribution in [0.15, 0.2) is 24.3 Å². The number of thiophene rings is 1. The van der Waals surface area contributed by atoms with Gasteiger partial charge in [0.2, 0.25) is 0 Å². The topological polar surface area (TPSA) is 90.4 Å². The van der Waals surface area contributed by atoms with Gasteiger partial charge in [0.15, 0.2) is 0 Å². The minimum atomic E-state index is -0.430. The van der Waals surface area contributed by atoms with Crippen LogP contribution < -0.4 is 10.1 Å². The fourth-order valence-corrected chi connectivity index (χ4v) is 4.17. The van der Waals surface area contributed by atoms with Crippen molar-refractivity contribution in [3.8, 4) is 5.75 Å². The van der Waals surface area contributed by atoms with E-state index in [1.807, 2.05) is 20.8 Å². The molecule has 0 aliphatic heterocycles. The van der Waals surface area contributed by atoms with Gasteiger partial charge in [0.1, 0.15) is 23.1 Å². The van der Waals surface area contributed by atoms with Crippen LogP contribution in [-0.4, -0.2) is 27.2 Å². The number of carbonyl (C=O) groups excluding carboxylic acids is 2. The Morgan fingerprint density at radius 3 is 2.45 bits per heavy atom. The van der Waals surface area contributed by atoms with E-state index < -0.39 is 5.97 Å². The van der Waals surface area contributed by atoms with Crippen LogP contribution in [0.2, 0.25) is 0 Å². The Balaban J connectivity index is 1.69. The molecule has 3 aromatic rings. The van der Waals surface area contributed by atoms with Crippen molar-refractivity contribution < 1.29 is 19.1 Å². The van der Waals surface area contributed by atoms with Gasteiger partial charge < -0.3 is 14.8 Å². The fourth-order valence-electron chi connectivity index (χ4n) is 2.57. The first-order valence-electron chi connectivity index (χ1n) is 9.00. The summed E-state index contributed by atoms with van der Waals surface area (Å²) in [6.45, 7) is 7.99. The number of amides is 1. The van der Waals surface area contributed by atoms with Gasteiger partial charge in [0, 0.05) is 10.4 Å². The van der Waals surface area contributed by atoms with Crippen LogP contribution in [0.1, 0.15) is 49.5 Å². The third-order valence-corrected chi connectivity index (χ3v) is 6.11. The first-order valence-corrected chi connectivity index (χ1v) is 10.5. The summed E-state index contributed by atoms with van der Waals surface area (Å²) in [7, 11) is 0. The molecule has 0 radical (unpaired) electrons. The molecular weight excluding hydrogens is 410 g/mol. The summed E-state index contributed by atoms with van der Waals surface area (Å²) < 4.78 is 19.1. The highest BCUT2D eigenvalue weighted by atomic mass is 32.1. The minimum absolute atomic E-state index is 0.276. The van der Waals surface area contributed by atoms with E-state index in [2.05, 4.69) is 14.1 Å². The zero-order chi connectivity index (χ0) is 21.0. The van der Waals surface area contributed by atoms with E-state index in [-0.39, 0.29) is 12.5 Å². The summed E-state index contributed by atoms with van der Waals surface area (Å²) in [5.74, 6) is -0.105. The van der Waals surface area contributed by atoms with Gasteiger partial charge in [-0.3, -0.25) is 4.79 Å². The van der Waals surface area contributed by atoms with Gasteiger partial charge in [-0.2, -0.15) is 8.75 Å². The molecule has 0 aliphatic rings. The second-order valence-corrected chi connectivity index (χ2v) is 8.02. The van der Waals surface area contributed by atoms with Crippen molar-refractivity contribution in [2.24, 2.45) is 0 Å². The van der Waals surface area contributed by atoms with Crippen molar-refractivity contribution in [3.05, 3.63) is 57.2 Å². The smallest absolute Gasteiger partial charge is 0.341 e. The largest absolute Gasteiger partial charge is 0.487 e. The summed E-state index contributed by atoms with van der Waals surface area (Å²) in [5.41, 5.74) is 3.34. The number of rotatable bonds is 7. The molecule has 0 bridgehead atoms. The lowest BCUT2D eigenvalue weighted by Crippen LogP contribution is -2.14. The lowest BCUT2D eigenvalue weighted by molar-refractivity contribution is 0.0527. The Hall–Kier alpha value is -2.78. The molecule has 7 nitrogen and oxygen atoms in total. The van der Waals surface area contributed by atoms with Crippen molar-refractivity contribution in [1.29, 1.82) is 0 Å². The highest BCUT2D eigenvalue weighted by Gasteiger charge is 2.22. The van der Waals surface area contributed by atoms with Crippen LogP contribution in [-0.2, 0) is 11.3 Å². The van der Waals surface area contributed by atoms with Crippen LogP contribution in [0, 0.1) is 20.8 Å². The van der Waals surface area contributed by atoms with Gasteiger partial charge in [-0.1, -0.05) is 0 Å². The third-order valence-electron chi connectivity index (χ3n) is 4.33. The maximum Gasteiger partial charge on any atom is 0.341 e. The minimum Gasteiger partial charge on any atom is -0.487 e. The first-order chi connectivity index (χ1) is 13.9. The summed E-state index contributed by atoms with van der Waals surface area (Å²) in [4.78, 5) is 25.9. The molecule has 152 valence electrons. The summed E-state index contributed by atoms with van der Waals surface area (Å²) in [6.07, 6.45) is 0. The highest BCUT2D eigenvalue weighted by molar-refractivity contribution is 7.16. The van der Waals surface area contributed by atoms with Crippen LogP contribution in [0.3, 0.4) is 0 Å². The summed E-state index contributed by atoms with van der Waals surface area (Å²) in [5, 5.41) is 3.33. The lowest BCUT2D eigenvalue weighted by atomic mass is 10.1. The highest BCUT2D eigenvalue weighted by Crippen LogP contribution is 2.33. The molecule has 0 unspecified atom stereocenters. The predicted octanol–water partition coefficient (Wildman–Crippen LogP) is 4.53. The summed E-state index contributed by atoms with van der Waals surface area (Å²) >= 11 is 2.51. The van der Waals surface area contributed by atoms with E-state index >= 15 is 0 Å². The van der Waals surface area contributed by atoms with Crippen molar-refractivity contribution >= 4 is 39.9 Å². The predicted molar refractivity (Wildman–Crippen MR) is 113 cm³/mol. The number of benzene rings is 1. The van der Waals surface area contributed by atoms with Crippen molar-refractivity contribution in [3.63, 3.8) is 0 Å². The average molecular weight is 432 g/mol. The zero-order valence-corrected chi connectivity index (χ0v) is 18.2. The molecule has 2 heterocycles. The van der Waals surface area contributed by atoms with E-state index in [1.165, 1.54) is 11.3 Å². The van der Waals surface area contributed by atoms with E-state index in [1.54, 1.807) is 31.2 Å². The number of aromatic nitrogens is 2. The molecule has 0 fully saturated rings. The van der Waals surface area contributed by atoms with Crippen molar-refractivity contribution in [2.45, 2.75) is 34.3 Å². The molecule has 9 heteroatoms. The number of nitrogens with zero attached hydrogens (tertiary/aromatic N) is 2. The Morgan fingerprint density at radius 2 is 1.83 bits per heavy atom. The third kappa shape index (κ3) is 4.80. The lowest BCUT2D eigenvalue weighted by Gasteiger charge is -2.08. The van der Waals surface area contributed by atoms with Crippen LogP contribution in [0.4, 0.5) is 5.00 Å². The molecule has 0 atom stereocenters. The standard InChI is InChI=1S/C20H21N3O4S2/c1-5-26-20(25)17-11(2)13(4)28-19(17)21-18(24)14-6-8-15(9-7-14)27-10-16-12(3)22-29-23-16/h6-9H,5,10H2,1-4H3,(H,21,24). The normalized spacial score (nSPS) is 10.6. The Kier molecular flexibility index (Phi) is 6.60. The van der Waals surface area contributed by atoms with Gasteiger partial charge in [-0.15, -0.1) is 11.3 Å². The molecule has 0 aliphatic carbocycles. The number of anilines is 1. The van der Waals surface area contributed by atoms with Gasteiger partial charge in [0.25, 0.3) is 5.91 Å². The second kappa shape index (κ2) is 9.15. The molecule has 29 heavy (non-hydrogen) atoms. The monoisotopic (exact) mass is 431 g/mol.